The molecule has 0 saturated carbocycles. The second-order valence-electron chi connectivity index (χ2n) is 6.26. The van der Waals surface area contributed by atoms with Gasteiger partial charge in [0.15, 0.2) is 0 Å². The van der Waals surface area contributed by atoms with Gasteiger partial charge in [-0.1, -0.05) is 65.2 Å². The summed E-state index contributed by atoms with van der Waals surface area (Å²) in [4.78, 5) is 0. The summed E-state index contributed by atoms with van der Waals surface area (Å²) in [6.45, 7) is 5.57. The smallest absolute Gasteiger partial charge is 0.0754 e. The summed E-state index contributed by atoms with van der Waals surface area (Å²) in [6.07, 6.45) is 14.2. The highest BCUT2D eigenvalue weighted by Crippen LogP contribution is 2.25. The van der Waals surface area contributed by atoms with Crippen LogP contribution in [-0.4, -0.2) is 25.8 Å². The molecule has 0 spiro atoms. The maximum atomic E-state index is 5.88. The van der Waals surface area contributed by atoms with Crippen molar-refractivity contribution in [1.82, 2.24) is 5.32 Å². The van der Waals surface area contributed by atoms with Crippen LogP contribution in [0.2, 0.25) is 0 Å². The maximum Gasteiger partial charge on any atom is 0.0754 e. The molecule has 1 aliphatic rings. The van der Waals surface area contributed by atoms with Crippen molar-refractivity contribution in [2.24, 2.45) is 5.92 Å². The highest BCUT2D eigenvalue weighted by molar-refractivity contribution is 4.83. The van der Waals surface area contributed by atoms with Crippen LogP contribution in [0.15, 0.2) is 0 Å². The van der Waals surface area contributed by atoms with Gasteiger partial charge in [-0.15, -0.1) is 0 Å². The quantitative estimate of drug-likeness (QED) is 0.556. The van der Waals surface area contributed by atoms with Crippen LogP contribution in [0.4, 0.5) is 0 Å². The molecule has 0 aromatic carbocycles. The molecule has 114 valence electrons. The Bertz CT molecular complexity index is 207. The Kier molecular flexibility index (Phi) is 9.54. The van der Waals surface area contributed by atoms with Crippen molar-refractivity contribution in [2.75, 3.05) is 13.7 Å². The lowest BCUT2D eigenvalue weighted by molar-refractivity contribution is 0.0598. The van der Waals surface area contributed by atoms with Crippen LogP contribution < -0.4 is 5.32 Å². The minimum atomic E-state index is 0.453. The largest absolute Gasteiger partial charge is 0.376 e. The van der Waals surface area contributed by atoms with Gasteiger partial charge in [0.2, 0.25) is 0 Å². The third-order valence-corrected chi connectivity index (χ3v) is 4.58. The van der Waals surface area contributed by atoms with Gasteiger partial charge in [-0.2, -0.15) is 0 Å². The van der Waals surface area contributed by atoms with E-state index in [1.165, 1.54) is 64.2 Å². The first kappa shape index (κ1) is 17.0. The molecule has 3 unspecified atom stereocenters. The van der Waals surface area contributed by atoms with Gasteiger partial charge in [0.05, 0.1) is 6.10 Å². The van der Waals surface area contributed by atoms with Crippen molar-refractivity contribution in [3.05, 3.63) is 0 Å². The zero-order valence-corrected chi connectivity index (χ0v) is 13.4. The first-order valence-electron chi connectivity index (χ1n) is 8.58. The van der Waals surface area contributed by atoms with Crippen molar-refractivity contribution >= 4 is 0 Å². The van der Waals surface area contributed by atoms with Gasteiger partial charge in [0.1, 0.15) is 0 Å². The minimum absolute atomic E-state index is 0.453. The van der Waals surface area contributed by atoms with E-state index in [-0.39, 0.29) is 0 Å². The molecule has 1 N–H and O–H groups in total. The summed E-state index contributed by atoms with van der Waals surface area (Å²) in [5.74, 6) is 0.728. The summed E-state index contributed by atoms with van der Waals surface area (Å²) in [5, 5.41) is 3.47. The normalized spacial score (nSPS) is 24.8. The van der Waals surface area contributed by atoms with Crippen molar-refractivity contribution in [2.45, 2.75) is 90.2 Å². The van der Waals surface area contributed by atoms with E-state index < -0.39 is 0 Å². The van der Waals surface area contributed by atoms with Gasteiger partial charge in [0, 0.05) is 12.6 Å². The molecular formula is C17H35NO. The molecule has 1 saturated heterocycles. The second kappa shape index (κ2) is 10.7. The van der Waals surface area contributed by atoms with Crippen molar-refractivity contribution in [1.29, 1.82) is 0 Å². The summed E-state index contributed by atoms with van der Waals surface area (Å²) < 4.78 is 5.88. The Hall–Kier alpha value is -0.0800. The molecule has 1 heterocycles. The molecule has 0 amide bonds. The van der Waals surface area contributed by atoms with Crippen LogP contribution in [0, 0.1) is 5.92 Å². The lowest BCUT2D eigenvalue weighted by atomic mass is 9.93. The molecular weight excluding hydrogens is 234 g/mol. The molecule has 0 bridgehead atoms. The molecule has 1 fully saturated rings. The number of hydrogen-bond donors (Lipinski definition) is 1. The van der Waals surface area contributed by atoms with Crippen LogP contribution in [-0.2, 0) is 4.74 Å². The summed E-state index contributed by atoms with van der Waals surface area (Å²) in [5.41, 5.74) is 0. The number of rotatable bonds is 11. The van der Waals surface area contributed by atoms with Gasteiger partial charge in [0.25, 0.3) is 0 Å². The molecule has 0 aliphatic carbocycles. The Morgan fingerprint density at radius 3 is 2.21 bits per heavy atom. The fourth-order valence-corrected chi connectivity index (χ4v) is 3.20. The van der Waals surface area contributed by atoms with E-state index in [0.717, 1.165) is 12.5 Å². The lowest BCUT2D eigenvalue weighted by Gasteiger charge is -2.25. The highest BCUT2D eigenvalue weighted by atomic mass is 16.5. The molecule has 1 rings (SSSR count). The molecule has 0 aromatic rings. The number of hydrogen-bond acceptors (Lipinski definition) is 2. The van der Waals surface area contributed by atoms with Gasteiger partial charge < -0.3 is 10.1 Å². The summed E-state index contributed by atoms with van der Waals surface area (Å²) in [6, 6.07) is 0.567. The minimum Gasteiger partial charge on any atom is -0.376 e. The van der Waals surface area contributed by atoms with Gasteiger partial charge in [-0.3, -0.25) is 0 Å². The highest BCUT2D eigenvalue weighted by Gasteiger charge is 2.30. The third-order valence-electron chi connectivity index (χ3n) is 4.58. The van der Waals surface area contributed by atoms with E-state index in [1.54, 1.807) is 0 Å². The Labute approximate surface area is 120 Å². The maximum absolute atomic E-state index is 5.88. The average Bonchev–Trinajstić information content (AvgIpc) is 2.83. The second-order valence-corrected chi connectivity index (χ2v) is 6.26. The van der Waals surface area contributed by atoms with Crippen LogP contribution in [0.3, 0.4) is 0 Å². The Morgan fingerprint density at radius 2 is 1.68 bits per heavy atom. The predicted octanol–water partition coefficient (Wildman–Crippen LogP) is 4.53. The van der Waals surface area contributed by atoms with Crippen molar-refractivity contribution in [3.63, 3.8) is 0 Å². The number of ether oxygens (including phenoxy) is 1. The van der Waals surface area contributed by atoms with Crippen LogP contribution in [0.1, 0.15) is 78.1 Å². The number of nitrogens with one attached hydrogen (secondary N) is 1. The van der Waals surface area contributed by atoms with E-state index >= 15 is 0 Å². The molecule has 0 radical (unpaired) electrons. The van der Waals surface area contributed by atoms with E-state index in [1.807, 2.05) is 0 Å². The average molecular weight is 269 g/mol. The molecule has 19 heavy (non-hydrogen) atoms. The van der Waals surface area contributed by atoms with Gasteiger partial charge in [-0.05, 0) is 25.8 Å². The number of unbranched alkanes of at least 4 members (excludes halogenated alkanes) is 7. The number of likely N-dealkylation sites (N-methyl/N-ethyl adjacent to an activating group) is 1. The Balaban J connectivity index is 2.00. The monoisotopic (exact) mass is 269 g/mol. The molecule has 0 aromatic heterocycles. The standard InChI is InChI=1S/C17H35NO/c1-4-5-6-7-8-9-10-11-12-16(18-3)17-15(2)13-14-19-17/h15-18H,4-14H2,1-3H3. The fourth-order valence-electron chi connectivity index (χ4n) is 3.20. The molecule has 2 nitrogen and oxygen atoms in total. The predicted molar refractivity (Wildman–Crippen MR) is 83.6 cm³/mol. The van der Waals surface area contributed by atoms with Crippen molar-refractivity contribution < 1.29 is 4.74 Å². The first-order chi connectivity index (χ1) is 9.29. The zero-order chi connectivity index (χ0) is 13.9. The van der Waals surface area contributed by atoms with E-state index in [4.69, 9.17) is 4.74 Å². The third kappa shape index (κ3) is 6.76. The fraction of sp³-hybridized carbons (Fsp3) is 1.00. The van der Waals surface area contributed by atoms with Crippen LogP contribution >= 0.6 is 0 Å². The van der Waals surface area contributed by atoms with E-state index in [2.05, 4.69) is 26.2 Å². The van der Waals surface area contributed by atoms with Crippen LogP contribution in [0.5, 0.6) is 0 Å². The van der Waals surface area contributed by atoms with E-state index in [9.17, 15) is 0 Å². The van der Waals surface area contributed by atoms with Gasteiger partial charge in [-0.25, -0.2) is 0 Å². The van der Waals surface area contributed by atoms with Crippen LogP contribution in [0.25, 0.3) is 0 Å². The molecule has 3 atom stereocenters. The van der Waals surface area contributed by atoms with E-state index in [0.29, 0.717) is 12.1 Å². The molecule has 1 aliphatic heterocycles. The zero-order valence-electron chi connectivity index (χ0n) is 13.4. The van der Waals surface area contributed by atoms with Crippen molar-refractivity contribution in [3.8, 4) is 0 Å². The lowest BCUT2D eigenvalue weighted by Crippen LogP contribution is -2.40. The summed E-state index contributed by atoms with van der Waals surface area (Å²) >= 11 is 0. The van der Waals surface area contributed by atoms with Gasteiger partial charge >= 0.3 is 0 Å². The summed E-state index contributed by atoms with van der Waals surface area (Å²) in [7, 11) is 2.09. The topological polar surface area (TPSA) is 21.3 Å². The first-order valence-corrected chi connectivity index (χ1v) is 8.58. The SMILES string of the molecule is CCCCCCCCCCC(NC)C1OCCC1C. The molecule has 2 heteroatoms. The Morgan fingerprint density at radius 1 is 1.05 bits per heavy atom.